The van der Waals surface area contributed by atoms with Gasteiger partial charge in [0.05, 0.1) is 12.5 Å². The Morgan fingerprint density at radius 3 is 1.13 bits per heavy atom. The average Bonchev–Trinajstić information content (AvgIpc) is 4.39. The Balaban J connectivity index is 1.09. The smallest absolute Gasteiger partial charge is 0.326 e. The van der Waals surface area contributed by atoms with Crippen molar-refractivity contribution in [3.05, 3.63) is 144 Å². The van der Waals surface area contributed by atoms with Crippen LogP contribution < -0.4 is 49.1 Å². The second-order valence-corrected chi connectivity index (χ2v) is 20.8. The normalized spacial score (nSPS) is 14.0. The molecule has 83 heavy (non-hydrogen) atoms. The van der Waals surface area contributed by atoms with Gasteiger partial charge in [0.1, 0.15) is 36.3 Å². The van der Waals surface area contributed by atoms with Gasteiger partial charge in [0.15, 0.2) is 5.96 Å². The third kappa shape index (κ3) is 15.1. The Morgan fingerprint density at radius 1 is 0.470 bits per heavy atom. The zero-order chi connectivity index (χ0) is 59.3. The quantitative estimate of drug-likeness (QED) is 0.0191. The minimum atomic E-state index is -1.52. The number of aliphatic carboxylic acids is 2. The molecule has 8 aromatic rings. The van der Waals surface area contributed by atoms with Crippen molar-refractivity contribution in [1.82, 2.24) is 51.8 Å². The van der Waals surface area contributed by atoms with E-state index in [1.807, 2.05) is 91.0 Å². The number of nitrogens with one attached hydrogen (secondary N) is 10. The lowest BCUT2D eigenvalue weighted by atomic mass is 9.98. The van der Waals surface area contributed by atoms with Gasteiger partial charge in [0.2, 0.25) is 35.4 Å². The van der Waals surface area contributed by atoms with Crippen LogP contribution in [0.15, 0.2) is 127 Å². The molecule has 4 aromatic carbocycles. The van der Waals surface area contributed by atoms with Gasteiger partial charge >= 0.3 is 11.9 Å². The van der Waals surface area contributed by atoms with Gasteiger partial charge in [-0.1, -0.05) is 86.6 Å². The van der Waals surface area contributed by atoms with E-state index < -0.39 is 102 Å². The molecule has 24 nitrogen and oxygen atoms in total. The summed E-state index contributed by atoms with van der Waals surface area (Å²) in [5.74, 6) is -8.47. The third-order valence-corrected chi connectivity index (χ3v) is 14.5. The lowest BCUT2D eigenvalue weighted by Crippen LogP contribution is -2.61. The van der Waals surface area contributed by atoms with Gasteiger partial charge in [-0.05, 0) is 65.3 Å². The zero-order valence-corrected chi connectivity index (χ0v) is 45.7. The van der Waals surface area contributed by atoms with E-state index in [4.69, 9.17) is 17.2 Å². The van der Waals surface area contributed by atoms with Crippen molar-refractivity contribution in [2.45, 2.75) is 101 Å². The number of aromatic amines is 4. The highest BCUT2D eigenvalue weighted by molar-refractivity contribution is 5.99. The maximum Gasteiger partial charge on any atom is 0.326 e. The van der Waals surface area contributed by atoms with E-state index >= 15 is 4.79 Å². The summed E-state index contributed by atoms with van der Waals surface area (Å²) >= 11 is 0. The number of fused-ring (bicyclic) bond motifs is 4. The number of H-pyrrole nitrogens is 4. The van der Waals surface area contributed by atoms with Crippen LogP contribution in [0.4, 0.5) is 0 Å². The Hall–Kier alpha value is -9.97. The number of carboxylic acids is 2. The first-order valence-corrected chi connectivity index (χ1v) is 27.1. The molecule has 0 saturated carbocycles. The van der Waals surface area contributed by atoms with Crippen LogP contribution >= 0.6 is 0 Å². The molecule has 0 aliphatic heterocycles. The Morgan fingerprint density at radius 2 is 0.795 bits per heavy atom. The number of nitrogens with zero attached hydrogens (tertiary/aromatic N) is 1. The van der Waals surface area contributed by atoms with Gasteiger partial charge < -0.3 is 79.3 Å². The predicted octanol–water partition coefficient (Wildman–Crippen LogP) is 2.39. The number of guanidine groups is 1. The molecular weight excluding hydrogens is 1060 g/mol. The maximum atomic E-state index is 15.0. The maximum absolute atomic E-state index is 15.0. The number of hydrogen-bond acceptors (Lipinski definition) is 10. The highest BCUT2D eigenvalue weighted by Gasteiger charge is 2.36. The molecule has 0 bridgehead atoms. The van der Waals surface area contributed by atoms with Crippen LogP contribution in [0.3, 0.4) is 0 Å². The summed E-state index contributed by atoms with van der Waals surface area (Å²) in [5.41, 5.74) is 22.4. The minimum absolute atomic E-state index is 0.0507. The number of carbonyl (C=O) groups is 8. The number of hydrogen-bond donors (Lipinski definition) is 15. The van der Waals surface area contributed by atoms with Crippen LogP contribution in [0, 0.1) is 5.92 Å². The van der Waals surface area contributed by atoms with Gasteiger partial charge in [-0.15, -0.1) is 0 Å². The van der Waals surface area contributed by atoms with E-state index in [9.17, 15) is 43.8 Å². The molecule has 7 atom stereocenters. The summed E-state index contributed by atoms with van der Waals surface area (Å²) in [6.45, 7) is 3.46. The molecule has 0 aliphatic rings. The third-order valence-electron chi connectivity index (χ3n) is 14.5. The number of aromatic nitrogens is 4. The second kappa shape index (κ2) is 27.0. The molecule has 0 radical (unpaired) electrons. The SMILES string of the molecule is CC(C)[C@H](NC(=O)[C@@H](Cc1c[nH]c2ccccc12)NC(=O)[C@@H](Cc1c[nH]c2ccccc12)NC(=O)[C@@H](N)CC(=O)O)C(=O)N[C@H](Cc1c[nH]c2ccccc12)C(=O)N[C@H](Cc1c[nH]c2ccccc12)C(=O)N[C@@H](CCCN=C(N)N)C(=O)O. The van der Waals surface area contributed by atoms with Crippen molar-refractivity contribution < 1.29 is 48.6 Å². The molecule has 0 fully saturated rings. The predicted molar refractivity (Wildman–Crippen MR) is 312 cm³/mol. The molecule has 8 rings (SSSR count). The Bertz CT molecular complexity index is 3690. The van der Waals surface area contributed by atoms with Crippen molar-refractivity contribution in [3.63, 3.8) is 0 Å². The van der Waals surface area contributed by atoms with Gasteiger partial charge in [-0.3, -0.25) is 38.6 Å². The fraction of sp³-hybridized carbons (Fsp3) is 0.305. The number of carboxylic acid groups (broad SMARTS) is 2. The summed E-state index contributed by atoms with van der Waals surface area (Å²) in [5, 5.41) is 39.1. The van der Waals surface area contributed by atoms with Gasteiger partial charge in [-0.25, -0.2) is 4.79 Å². The minimum Gasteiger partial charge on any atom is -0.481 e. The number of aliphatic imine (C=N–C) groups is 1. The molecule has 4 heterocycles. The number of para-hydroxylation sites is 4. The summed E-state index contributed by atoms with van der Waals surface area (Å²) in [6.07, 6.45) is 5.73. The molecule has 434 valence electrons. The highest BCUT2D eigenvalue weighted by atomic mass is 16.4. The van der Waals surface area contributed by atoms with Gasteiger partial charge in [-0.2, -0.15) is 0 Å². The molecule has 18 N–H and O–H groups in total. The monoisotopic (exact) mass is 1130 g/mol. The van der Waals surface area contributed by atoms with Crippen molar-refractivity contribution >= 4 is 97.0 Å². The van der Waals surface area contributed by atoms with Crippen LogP contribution in [0.2, 0.25) is 0 Å². The Labute approximate surface area is 475 Å². The first kappa shape index (κ1) is 59.2. The van der Waals surface area contributed by atoms with Crippen molar-refractivity contribution in [3.8, 4) is 0 Å². The van der Waals surface area contributed by atoms with E-state index in [-0.39, 0.29) is 51.0 Å². The van der Waals surface area contributed by atoms with E-state index in [0.29, 0.717) is 22.3 Å². The van der Waals surface area contributed by atoms with Crippen LogP contribution in [-0.4, -0.2) is 132 Å². The lowest BCUT2D eigenvalue weighted by molar-refractivity contribution is -0.142. The van der Waals surface area contributed by atoms with Crippen molar-refractivity contribution in [2.24, 2.45) is 28.1 Å². The first-order valence-electron chi connectivity index (χ1n) is 27.1. The molecule has 24 heteroatoms. The fourth-order valence-electron chi connectivity index (χ4n) is 10.1. The highest BCUT2D eigenvalue weighted by Crippen LogP contribution is 2.24. The van der Waals surface area contributed by atoms with E-state index in [1.165, 1.54) is 0 Å². The second-order valence-electron chi connectivity index (χ2n) is 20.8. The molecule has 0 aliphatic carbocycles. The average molecular weight is 1130 g/mol. The topological polar surface area (TPSA) is 403 Å². The first-order chi connectivity index (χ1) is 39.8. The van der Waals surface area contributed by atoms with Crippen LogP contribution in [0.1, 0.15) is 55.4 Å². The largest absolute Gasteiger partial charge is 0.481 e. The number of amides is 6. The zero-order valence-electron chi connectivity index (χ0n) is 45.7. The van der Waals surface area contributed by atoms with Crippen molar-refractivity contribution in [1.29, 1.82) is 0 Å². The summed E-state index contributed by atoms with van der Waals surface area (Å²) < 4.78 is 0. The number of benzene rings is 4. The fourth-order valence-corrected chi connectivity index (χ4v) is 10.1. The molecule has 0 spiro atoms. The van der Waals surface area contributed by atoms with Crippen LogP contribution in [0.5, 0.6) is 0 Å². The summed E-state index contributed by atoms with van der Waals surface area (Å²) in [4.78, 5) is 128. The molecule has 0 unspecified atom stereocenters. The molecule has 6 amide bonds. The molecule has 4 aromatic heterocycles. The van der Waals surface area contributed by atoms with Gasteiger partial charge in [0.25, 0.3) is 0 Å². The summed E-state index contributed by atoms with van der Waals surface area (Å²) in [7, 11) is 0. The van der Waals surface area contributed by atoms with Crippen LogP contribution in [0.25, 0.3) is 43.6 Å². The molecular formula is C59H68N14O10. The van der Waals surface area contributed by atoms with Crippen molar-refractivity contribution in [2.75, 3.05) is 6.54 Å². The van der Waals surface area contributed by atoms with E-state index in [2.05, 4.69) is 56.8 Å². The number of carbonyl (C=O) groups excluding carboxylic acids is 6. The van der Waals surface area contributed by atoms with E-state index in [1.54, 1.807) is 44.7 Å². The van der Waals surface area contributed by atoms with Gasteiger partial charge in [0, 0.05) is 101 Å². The van der Waals surface area contributed by atoms with E-state index in [0.717, 1.165) is 43.6 Å². The van der Waals surface area contributed by atoms with Crippen LogP contribution in [-0.2, 0) is 64.0 Å². The standard InChI is InChI=1S/C59H68N14O10/c1-31(2)51(73-56(80)49(25-35-30-67-44-19-10-6-15-39(35)44)71-54(78)46(69-52(76)40(60)26-50(74)75)22-32-27-64-41-16-7-3-12-36(32)41)57(81)72-48(24-34-29-66-43-18-9-5-14-38(34)43)55(79)70-47(23-33-28-65-42-17-8-4-13-37(33)42)53(77)68-45(58(82)83)20-11-21-63-59(61)62/h3-10,12-19,27-31,40,45-49,51,64-67H,11,20-26,60H2,1-2H3,(H,68,77)(H,69,76)(H,70,79)(H,71,78)(H,72,81)(H,73,80)(H,74,75)(H,82,83)(H4,61,62,63)/t40-,45-,46+,47+,48+,49+,51-/m0/s1. The lowest BCUT2D eigenvalue weighted by Gasteiger charge is -2.29. The Kier molecular flexibility index (Phi) is 19.2. The summed E-state index contributed by atoms with van der Waals surface area (Å²) in [6, 6.07) is 19.3. The molecule has 0 saturated heterocycles. The number of nitrogens with two attached hydrogens (primary N) is 3. The number of rotatable bonds is 28.